The third-order valence-corrected chi connectivity index (χ3v) is 4.19. The standard InChI is InChI=1S/C14H16N8O/c1-9-17-18-12-3-4-13(19-22(9)12)21-6-10(7-21)20(2)14(23)11-5-15-8-16-11/h3-5,8,10H,6-7H2,1-2H3,(H,15,16). The van der Waals surface area contributed by atoms with Gasteiger partial charge in [-0.25, -0.2) is 4.98 Å². The first-order valence-electron chi connectivity index (χ1n) is 7.33. The fourth-order valence-electron chi connectivity index (χ4n) is 2.67. The van der Waals surface area contributed by atoms with Gasteiger partial charge in [0.25, 0.3) is 5.91 Å². The maximum absolute atomic E-state index is 12.3. The van der Waals surface area contributed by atoms with Crippen LogP contribution in [0.25, 0.3) is 5.65 Å². The van der Waals surface area contributed by atoms with E-state index in [1.54, 1.807) is 15.6 Å². The molecule has 0 unspecified atom stereocenters. The molecule has 3 aromatic rings. The van der Waals surface area contributed by atoms with Gasteiger partial charge in [-0.1, -0.05) is 0 Å². The molecule has 0 radical (unpaired) electrons. The summed E-state index contributed by atoms with van der Waals surface area (Å²) in [5.74, 6) is 1.56. The van der Waals surface area contributed by atoms with Crippen LogP contribution in [0.4, 0.5) is 5.82 Å². The van der Waals surface area contributed by atoms with E-state index in [0.29, 0.717) is 5.69 Å². The van der Waals surface area contributed by atoms with Crippen molar-refractivity contribution in [1.29, 1.82) is 0 Å². The first-order chi connectivity index (χ1) is 11.1. The number of rotatable bonds is 3. The highest BCUT2D eigenvalue weighted by molar-refractivity contribution is 5.92. The minimum absolute atomic E-state index is 0.0507. The second kappa shape index (κ2) is 5.04. The van der Waals surface area contributed by atoms with Gasteiger partial charge in [0.1, 0.15) is 11.5 Å². The highest BCUT2D eigenvalue weighted by Gasteiger charge is 2.34. The summed E-state index contributed by atoms with van der Waals surface area (Å²) in [4.78, 5) is 22.9. The Morgan fingerprint density at radius 2 is 2.17 bits per heavy atom. The Kier molecular flexibility index (Phi) is 3.00. The van der Waals surface area contributed by atoms with Crippen molar-refractivity contribution in [3.63, 3.8) is 0 Å². The van der Waals surface area contributed by atoms with E-state index in [1.165, 1.54) is 6.33 Å². The summed E-state index contributed by atoms with van der Waals surface area (Å²) in [6.07, 6.45) is 3.05. The maximum atomic E-state index is 12.3. The van der Waals surface area contributed by atoms with Crippen molar-refractivity contribution in [1.82, 2.24) is 34.7 Å². The van der Waals surface area contributed by atoms with E-state index in [2.05, 4.69) is 30.2 Å². The number of amides is 1. The predicted octanol–water partition coefficient (Wildman–Crippen LogP) is 0.117. The molecule has 1 aliphatic rings. The van der Waals surface area contributed by atoms with Gasteiger partial charge in [0.05, 0.1) is 18.6 Å². The molecule has 9 heteroatoms. The zero-order valence-electron chi connectivity index (χ0n) is 12.8. The Hall–Kier alpha value is -2.97. The average molecular weight is 312 g/mol. The molecule has 0 aromatic carbocycles. The monoisotopic (exact) mass is 312 g/mol. The van der Waals surface area contributed by atoms with Gasteiger partial charge < -0.3 is 14.8 Å². The van der Waals surface area contributed by atoms with E-state index in [9.17, 15) is 4.79 Å². The Labute approximate surface area is 131 Å². The Bertz CT molecular complexity index is 849. The van der Waals surface area contributed by atoms with Crippen molar-refractivity contribution in [2.75, 3.05) is 25.0 Å². The van der Waals surface area contributed by atoms with Crippen molar-refractivity contribution < 1.29 is 4.79 Å². The lowest BCUT2D eigenvalue weighted by Gasteiger charge is -2.44. The number of aryl methyl sites for hydroxylation is 1. The number of hydrogen-bond donors (Lipinski definition) is 1. The van der Waals surface area contributed by atoms with Crippen LogP contribution in [0.5, 0.6) is 0 Å². The number of anilines is 1. The van der Waals surface area contributed by atoms with Crippen molar-refractivity contribution in [3.05, 3.63) is 36.2 Å². The minimum Gasteiger partial charge on any atom is -0.351 e. The number of nitrogens with one attached hydrogen (secondary N) is 1. The van der Waals surface area contributed by atoms with Crippen molar-refractivity contribution in [2.24, 2.45) is 0 Å². The van der Waals surface area contributed by atoms with Gasteiger partial charge in [0.2, 0.25) is 0 Å². The van der Waals surface area contributed by atoms with Crippen molar-refractivity contribution >= 4 is 17.4 Å². The number of hydrogen-bond acceptors (Lipinski definition) is 6. The molecule has 0 bridgehead atoms. The van der Waals surface area contributed by atoms with E-state index in [0.717, 1.165) is 30.4 Å². The molecule has 1 amide bonds. The van der Waals surface area contributed by atoms with Gasteiger partial charge in [-0.2, -0.15) is 4.52 Å². The van der Waals surface area contributed by atoms with Crippen LogP contribution in [0.15, 0.2) is 24.7 Å². The summed E-state index contributed by atoms with van der Waals surface area (Å²) in [7, 11) is 1.81. The van der Waals surface area contributed by atoms with Crippen molar-refractivity contribution in [2.45, 2.75) is 13.0 Å². The van der Waals surface area contributed by atoms with Crippen LogP contribution in [0.2, 0.25) is 0 Å². The lowest BCUT2D eigenvalue weighted by atomic mass is 10.1. The number of likely N-dealkylation sites (N-methyl/N-ethyl adjacent to an activating group) is 1. The fourth-order valence-corrected chi connectivity index (χ4v) is 2.67. The molecule has 0 spiro atoms. The molecule has 1 saturated heterocycles. The third kappa shape index (κ3) is 2.20. The van der Waals surface area contributed by atoms with Crippen LogP contribution in [0.1, 0.15) is 16.3 Å². The lowest BCUT2D eigenvalue weighted by Crippen LogP contribution is -2.60. The number of H-pyrrole nitrogens is 1. The summed E-state index contributed by atoms with van der Waals surface area (Å²) in [5, 5.41) is 12.6. The topological polar surface area (TPSA) is 95.3 Å². The summed E-state index contributed by atoms with van der Waals surface area (Å²) < 4.78 is 1.72. The molecule has 1 aliphatic heterocycles. The summed E-state index contributed by atoms with van der Waals surface area (Å²) in [6, 6.07) is 3.98. The molecule has 1 N–H and O–H groups in total. The van der Waals surface area contributed by atoms with E-state index < -0.39 is 0 Å². The molecule has 4 heterocycles. The highest BCUT2D eigenvalue weighted by atomic mass is 16.2. The molecule has 0 aliphatic carbocycles. The average Bonchev–Trinajstić information content (AvgIpc) is 3.15. The second-order valence-corrected chi connectivity index (χ2v) is 5.65. The number of carbonyl (C=O) groups is 1. The fraction of sp³-hybridized carbons (Fsp3) is 0.357. The van der Waals surface area contributed by atoms with Crippen LogP contribution in [-0.2, 0) is 0 Å². The quantitative estimate of drug-likeness (QED) is 0.738. The molecule has 3 aromatic heterocycles. The van der Waals surface area contributed by atoms with Crippen LogP contribution in [0, 0.1) is 6.92 Å². The molecule has 118 valence electrons. The summed E-state index contributed by atoms with van der Waals surface area (Å²) in [6.45, 7) is 3.36. The smallest absolute Gasteiger partial charge is 0.272 e. The van der Waals surface area contributed by atoms with Crippen LogP contribution >= 0.6 is 0 Å². The maximum Gasteiger partial charge on any atom is 0.272 e. The molecular formula is C14H16N8O. The number of aromatic nitrogens is 6. The van der Waals surface area contributed by atoms with E-state index in [4.69, 9.17) is 0 Å². The number of imidazole rings is 1. The van der Waals surface area contributed by atoms with E-state index >= 15 is 0 Å². The molecule has 0 atom stereocenters. The Balaban J connectivity index is 1.46. The lowest BCUT2D eigenvalue weighted by molar-refractivity contribution is 0.0699. The van der Waals surface area contributed by atoms with Gasteiger partial charge in [-0.05, 0) is 19.1 Å². The van der Waals surface area contributed by atoms with Crippen LogP contribution in [-0.4, -0.2) is 66.8 Å². The van der Waals surface area contributed by atoms with Crippen molar-refractivity contribution in [3.8, 4) is 0 Å². The van der Waals surface area contributed by atoms with Gasteiger partial charge in [0, 0.05) is 20.1 Å². The van der Waals surface area contributed by atoms with E-state index in [1.807, 2.05) is 26.1 Å². The molecule has 4 rings (SSSR count). The van der Waals surface area contributed by atoms with Gasteiger partial charge >= 0.3 is 0 Å². The first kappa shape index (κ1) is 13.7. The number of fused-ring (bicyclic) bond motifs is 1. The number of carbonyl (C=O) groups excluding carboxylic acids is 1. The zero-order valence-corrected chi connectivity index (χ0v) is 12.8. The first-order valence-corrected chi connectivity index (χ1v) is 7.33. The predicted molar refractivity (Wildman–Crippen MR) is 82.2 cm³/mol. The highest BCUT2D eigenvalue weighted by Crippen LogP contribution is 2.22. The second-order valence-electron chi connectivity index (χ2n) is 5.65. The molecule has 9 nitrogen and oxygen atoms in total. The summed E-state index contributed by atoms with van der Waals surface area (Å²) in [5.41, 5.74) is 1.24. The van der Waals surface area contributed by atoms with Gasteiger partial charge in [-0.15, -0.1) is 15.3 Å². The number of aromatic amines is 1. The van der Waals surface area contributed by atoms with E-state index in [-0.39, 0.29) is 11.9 Å². The molecule has 0 saturated carbocycles. The summed E-state index contributed by atoms with van der Waals surface area (Å²) >= 11 is 0. The largest absolute Gasteiger partial charge is 0.351 e. The van der Waals surface area contributed by atoms with Crippen LogP contribution < -0.4 is 4.90 Å². The SMILES string of the molecule is Cc1nnc2ccc(N3CC(N(C)C(=O)c4cnc[nH]4)C3)nn12. The molecule has 23 heavy (non-hydrogen) atoms. The Morgan fingerprint density at radius 3 is 2.91 bits per heavy atom. The normalized spacial score (nSPS) is 15.0. The zero-order chi connectivity index (χ0) is 16.0. The van der Waals surface area contributed by atoms with Crippen LogP contribution in [0.3, 0.4) is 0 Å². The van der Waals surface area contributed by atoms with Gasteiger partial charge in [-0.3, -0.25) is 4.79 Å². The van der Waals surface area contributed by atoms with Gasteiger partial charge in [0.15, 0.2) is 11.5 Å². The minimum atomic E-state index is -0.0507. The Morgan fingerprint density at radius 1 is 1.35 bits per heavy atom. The molecule has 1 fully saturated rings. The number of nitrogens with zero attached hydrogens (tertiary/aromatic N) is 7. The third-order valence-electron chi connectivity index (χ3n) is 4.19. The molecular weight excluding hydrogens is 296 g/mol.